The number of hydrogen-bond acceptors (Lipinski definition) is 3. The molecule has 0 spiro atoms. The van der Waals surface area contributed by atoms with Gasteiger partial charge in [-0.05, 0) is 59.4 Å². The van der Waals surface area contributed by atoms with Crippen LogP contribution in [0.15, 0.2) is 0 Å². The maximum absolute atomic E-state index is 5.90. The van der Waals surface area contributed by atoms with E-state index in [-0.39, 0.29) is 11.2 Å². The molecule has 0 bridgehead atoms. The predicted octanol–water partition coefficient (Wildman–Crippen LogP) is 4.25. The molecule has 0 aliphatic heterocycles. The lowest BCUT2D eigenvalue weighted by atomic mass is 9.97. The second kappa shape index (κ2) is 6.87. The van der Waals surface area contributed by atoms with Crippen molar-refractivity contribution in [2.75, 3.05) is 6.61 Å². The molecule has 16 heavy (non-hydrogen) atoms. The second-order valence-corrected chi connectivity index (χ2v) is 6.32. The van der Waals surface area contributed by atoms with Crippen LogP contribution in [0.5, 0.6) is 0 Å². The van der Waals surface area contributed by atoms with Crippen LogP contribution in [0.2, 0.25) is 0 Å². The molecule has 98 valence electrons. The van der Waals surface area contributed by atoms with Gasteiger partial charge in [0, 0.05) is 6.42 Å². The Labute approximate surface area is 107 Å². The predicted molar refractivity (Wildman–Crippen MR) is 72.9 cm³/mol. The zero-order valence-electron chi connectivity index (χ0n) is 11.7. The number of rotatable bonds is 8. The maximum Gasteiger partial charge on any atom is 0.0791 e. The standard InChI is InChI=1S/C13H28O2S/c1-11(2)7-8-12(3,4)14-10-9-13(5,6)15-16/h11,16H,7-10H2,1-6H3. The molecule has 0 fully saturated rings. The van der Waals surface area contributed by atoms with Gasteiger partial charge in [-0.3, -0.25) is 0 Å². The Bertz CT molecular complexity index is 188. The van der Waals surface area contributed by atoms with E-state index in [4.69, 9.17) is 8.92 Å². The van der Waals surface area contributed by atoms with E-state index in [2.05, 4.69) is 40.6 Å². The first-order chi connectivity index (χ1) is 7.18. The van der Waals surface area contributed by atoms with Gasteiger partial charge < -0.3 is 8.92 Å². The van der Waals surface area contributed by atoms with Crippen molar-refractivity contribution in [3.05, 3.63) is 0 Å². The molecule has 0 aromatic rings. The van der Waals surface area contributed by atoms with Crippen molar-refractivity contribution in [2.45, 2.75) is 72.0 Å². The molecule has 0 rings (SSSR count). The third kappa shape index (κ3) is 8.43. The Kier molecular flexibility index (Phi) is 6.99. The van der Waals surface area contributed by atoms with Gasteiger partial charge in [0.05, 0.1) is 17.8 Å². The summed E-state index contributed by atoms with van der Waals surface area (Å²) in [5, 5.41) is 0. The molecule has 0 aliphatic carbocycles. The number of hydrogen-bond donors (Lipinski definition) is 1. The molecule has 0 atom stereocenters. The molecule has 0 unspecified atom stereocenters. The SMILES string of the molecule is CC(C)CCC(C)(C)OCCC(C)(C)OS. The first-order valence-corrected chi connectivity index (χ1v) is 6.51. The van der Waals surface area contributed by atoms with Crippen molar-refractivity contribution in [3.63, 3.8) is 0 Å². The minimum atomic E-state index is -0.211. The third-order valence-corrected chi connectivity index (χ3v) is 3.26. The highest BCUT2D eigenvalue weighted by atomic mass is 32.1. The highest BCUT2D eigenvalue weighted by molar-refractivity contribution is 7.75. The van der Waals surface area contributed by atoms with Crippen LogP contribution < -0.4 is 0 Å². The van der Waals surface area contributed by atoms with Gasteiger partial charge in [0.1, 0.15) is 0 Å². The lowest BCUT2D eigenvalue weighted by Crippen LogP contribution is -2.29. The summed E-state index contributed by atoms with van der Waals surface area (Å²) in [7, 11) is 0. The largest absolute Gasteiger partial charge is 0.375 e. The molecule has 0 saturated heterocycles. The molecule has 0 aromatic heterocycles. The van der Waals surface area contributed by atoms with Gasteiger partial charge in [0.2, 0.25) is 0 Å². The van der Waals surface area contributed by atoms with Crippen molar-refractivity contribution in [1.29, 1.82) is 0 Å². The Morgan fingerprint density at radius 3 is 2.00 bits per heavy atom. The van der Waals surface area contributed by atoms with Crippen molar-refractivity contribution >= 4 is 12.9 Å². The van der Waals surface area contributed by atoms with Crippen LogP contribution in [0.4, 0.5) is 0 Å². The van der Waals surface area contributed by atoms with Crippen LogP contribution in [-0.2, 0) is 8.92 Å². The molecule has 0 saturated carbocycles. The molecule has 0 N–H and O–H groups in total. The molecule has 2 nitrogen and oxygen atoms in total. The van der Waals surface area contributed by atoms with E-state index in [0.29, 0.717) is 0 Å². The minimum absolute atomic E-state index is 0.0308. The zero-order valence-corrected chi connectivity index (χ0v) is 12.6. The average Bonchev–Trinajstić information content (AvgIpc) is 2.14. The summed E-state index contributed by atoms with van der Waals surface area (Å²) in [6, 6.07) is 0. The Hall–Kier alpha value is 0.270. The van der Waals surface area contributed by atoms with Crippen molar-refractivity contribution in [3.8, 4) is 0 Å². The number of thiol groups is 1. The summed E-state index contributed by atoms with van der Waals surface area (Å²) < 4.78 is 11.0. The van der Waals surface area contributed by atoms with Crippen molar-refractivity contribution in [2.24, 2.45) is 5.92 Å². The third-order valence-electron chi connectivity index (χ3n) is 2.77. The van der Waals surface area contributed by atoms with E-state index < -0.39 is 0 Å². The lowest BCUT2D eigenvalue weighted by Gasteiger charge is -2.29. The van der Waals surface area contributed by atoms with Gasteiger partial charge >= 0.3 is 0 Å². The topological polar surface area (TPSA) is 18.5 Å². The van der Waals surface area contributed by atoms with Gasteiger partial charge in [-0.25, -0.2) is 0 Å². The fourth-order valence-corrected chi connectivity index (χ4v) is 1.42. The van der Waals surface area contributed by atoms with Gasteiger partial charge in [-0.2, -0.15) is 0 Å². The van der Waals surface area contributed by atoms with Crippen LogP contribution in [0.1, 0.15) is 60.8 Å². The smallest absolute Gasteiger partial charge is 0.0791 e. The summed E-state index contributed by atoms with van der Waals surface area (Å²) in [6.45, 7) is 13.6. The molecule has 0 heterocycles. The Balaban J connectivity index is 3.82. The van der Waals surface area contributed by atoms with Crippen molar-refractivity contribution in [1.82, 2.24) is 0 Å². The molecule has 0 amide bonds. The first-order valence-electron chi connectivity index (χ1n) is 6.15. The van der Waals surface area contributed by atoms with E-state index in [0.717, 1.165) is 25.4 Å². The molecule has 0 aliphatic rings. The highest BCUT2D eigenvalue weighted by Gasteiger charge is 2.22. The fourth-order valence-electron chi connectivity index (χ4n) is 1.33. The average molecular weight is 248 g/mol. The van der Waals surface area contributed by atoms with Gasteiger partial charge in [0.25, 0.3) is 0 Å². The van der Waals surface area contributed by atoms with Crippen LogP contribution in [0.3, 0.4) is 0 Å². The van der Waals surface area contributed by atoms with E-state index >= 15 is 0 Å². The zero-order chi connectivity index (χ0) is 12.8. The van der Waals surface area contributed by atoms with E-state index in [1.165, 1.54) is 6.42 Å². The van der Waals surface area contributed by atoms with Gasteiger partial charge in [-0.15, -0.1) is 0 Å². The van der Waals surface area contributed by atoms with E-state index in [1.807, 2.05) is 13.8 Å². The van der Waals surface area contributed by atoms with Crippen molar-refractivity contribution < 1.29 is 8.92 Å². The summed E-state index contributed by atoms with van der Waals surface area (Å²) in [5.41, 5.74) is -0.242. The second-order valence-electron chi connectivity index (χ2n) is 6.14. The lowest BCUT2D eigenvalue weighted by molar-refractivity contribution is -0.0445. The fraction of sp³-hybridized carbons (Fsp3) is 1.00. The molecule has 3 heteroatoms. The molecular weight excluding hydrogens is 220 g/mol. The quantitative estimate of drug-likeness (QED) is 0.511. The Morgan fingerprint density at radius 1 is 1.00 bits per heavy atom. The normalized spacial score (nSPS) is 13.5. The van der Waals surface area contributed by atoms with Gasteiger partial charge in [0.15, 0.2) is 0 Å². The first kappa shape index (κ1) is 16.3. The maximum atomic E-state index is 5.90. The van der Waals surface area contributed by atoms with Crippen LogP contribution in [-0.4, -0.2) is 17.8 Å². The summed E-state index contributed by atoms with van der Waals surface area (Å²) >= 11 is 3.86. The van der Waals surface area contributed by atoms with Crippen LogP contribution in [0.25, 0.3) is 0 Å². The summed E-state index contributed by atoms with van der Waals surface area (Å²) in [4.78, 5) is 0. The molecule has 0 radical (unpaired) electrons. The minimum Gasteiger partial charge on any atom is -0.375 e. The monoisotopic (exact) mass is 248 g/mol. The van der Waals surface area contributed by atoms with Crippen LogP contribution >= 0.6 is 12.9 Å². The van der Waals surface area contributed by atoms with Crippen LogP contribution in [0, 0.1) is 5.92 Å². The summed E-state index contributed by atoms with van der Waals surface area (Å²) in [6.07, 6.45) is 3.17. The highest BCUT2D eigenvalue weighted by Crippen LogP contribution is 2.22. The molecule has 0 aromatic carbocycles. The Morgan fingerprint density at radius 2 is 1.56 bits per heavy atom. The number of ether oxygens (including phenoxy) is 1. The van der Waals surface area contributed by atoms with Gasteiger partial charge in [-0.1, -0.05) is 13.8 Å². The summed E-state index contributed by atoms with van der Waals surface area (Å²) in [5.74, 6) is 0.736. The molecular formula is C13H28O2S. The van der Waals surface area contributed by atoms with E-state index in [1.54, 1.807) is 0 Å². The van der Waals surface area contributed by atoms with E-state index in [9.17, 15) is 0 Å².